The third-order valence-electron chi connectivity index (χ3n) is 4.81. The maximum atomic E-state index is 6.13. The molecular formula is C19H27ClN4O2. The number of aromatic nitrogens is 2. The van der Waals surface area contributed by atoms with Crippen LogP contribution in [-0.2, 0) is 4.74 Å². The molecule has 0 amide bonds. The summed E-state index contributed by atoms with van der Waals surface area (Å²) in [7, 11) is 2.14. The fourth-order valence-corrected chi connectivity index (χ4v) is 3.38. The first-order valence-electron chi connectivity index (χ1n) is 9.27. The standard InChI is InChI=1S/C14H17ClN4O.C5H10O/c1-19-4-2-9(3-5-19)14-18-8-12(20-14)10-6-13(16)17-7-11(10)15;1-2-4-6-5-3-1/h6-9H,2-5H2,1H3,(H2,16,17);1-5H2. The number of anilines is 1. The van der Waals surface area contributed by atoms with Gasteiger partial charge in [0.2, 0.25) is 0 Å². The second kappa shape index (κ2) is 9.35. The molecule has 0 bridgehead atoms. The number of likely N-dealkylation sites (tertiary alicyclic amines) is 1. The minimum Gasteiger partial charge on any atom is -0.440 e. The minimum atomic E-state index is 0.387. The quantitative estimate of drug-likeness (QED) is 0.851. The Kier molecular flexibility index (Phi) is 6.88. The number of oxazole rings is 1. The summed E-state index contributed by atoms with van der Waals surface area (Å²) in [5, 5.41) is 0.519. The van der Waals surface area contributed by atoms with Gasteiger partial charge in [-0.15, -0.1) is 0 Å². The van der Waals surface area contributed by atoms with Gasteiger partial charge < -0.3 is 19.8 Å². The number of rotatable bonds is 2. The molecule has 2 saturated heterocycles. The van der Waals surface area contributed by atoms with Gasteiger partial charge in [-0.1, -0.05) is 11.6 Å². The summed E-state index contributed by atoms with van der Waals surface area (Å²) in [4.78, 5) is 10.7. The predicted octanol–water partition coefficient (Wildman–Crippen LogP) is 3.97. The molecule has 2 N–H and O–H groups in total. The Morgan fingerprint density at radius 3 is 2.46 bits per heavy atom. The summed E-state index contributed by atoms with van der Waals surface area (Å²) < 4.78 is 11.0. The Hall–Kier alpha value is -1.63. The number of halogens is 1. The van der Waals surface area contributed by atoms with Crippen molar-refractivity contribution in [2.24, 2.45) is 0 Å². The summed E-state index contributed by atoms with van der Waals surface area (Å²) in [6.45, 7) is 4.15. The Labute approximate surface area is 159 Å². The van der Waals surface area contributed by atoms with Gasteiger partial charge in [-0.05, 0) is 58.3 Å². The van der Waals surface area contributed by atoms with E-state index >= 15 is 0 Å². The number of piperidine rings is 1. The predicted molar refractivity (Wildman–Crippen MR) is 103 cm³/mol. The van der Waals surface area contributed by atoms with E-state index in [0.29, 0.717) is 22.5 Å². The molecule has 0 spiro atoms. The van der Waals surface area contributed by atoms with Crippen molar-refractivity contribution in [1.82, 2.24) is 14.9 Å². The van der Waals surface area contributed by atoms with Crippen LogP contribution in [0.1, 0.15) is 43.9 Å². The molecule has 7 heteroatoms. The molecule has 0 aromatic carbocycles. The van der Waals surface area contributed by atoms with Crippen LogP contribution in [-0.4, -0.2) is 48.2 Å². The van der Waals surface area contributed by atoms with E-state index < -0.39 is 0 Å². The molecule has 2 aliphatic heterocycles. The molecule has 2 aromatic rings. The molecule has 2 aliphatic rings. The molecule has 26 heavy (non-hydrogen) atoms. The van der Waals surface area contributed by atoms with E-state index in [9.17, 15) is 0 Å². The van der Waals surface area contributed by atoms with Crippen LogP contribution in [0.15, 0.2) is 22.9 Å². The van der Waals surface area contributed by atoms with Crippen molar-refractivity contribution in [1.29, 1.82) is 0 Å². The fourth-order valence-electron chi connectivity index (χ4n) is 3.19. The zero-order valence-corrected chi connectivity index (χ0v) is 16.0. The van der Waals surface area contributed by atoms with Crippen molar-refractivity contribution in [2.45, 2.75) is 38.0 Å². The molecule has 0 radical (unpaired) electrons. The lowest BCUT2D eigenvalue weighted by atomic mass is 9.97. The summed E-state index contributed by atoms with van der Waals surface area (Å²) >= 11 is 6.13. The molecular weight excluding hydrogens is 352 g/mol. The van der Waals surface area contributed by atoms with Crippen LogP contribution in [0.4, 0.5) is 5.82 Å². The van der Waals surface area contributed by atoms with E-state index in [4.69, 9.17) is 26.5 Å². The maximum absolute atomic E-state index is 6.13. The van der Waals surface area contributed by atoms with Crippen LogP contribution in [0.3, 0.4) is 0 Å². The molecule has 6 nitrogen and oxygen atoms in total. The molecule has 2 fully saturated rings. The first-order valence-corrected chi connectivity index (χ1v) is 9.64. The molecule has 0 aliphatic carbocycles. The lowest BCUT2D eigenvalue weighted by molar-refractivity contribution is 0.0968. The monoisotopic (exact) mass is 378 g/mol. The summed E-state index contributed by atoms with van der Waals surface area (Å²) in [5.41, 5.74) is 6.43. The van der Waals surface area contributed by atoms with E-state index in [2.05, 4.69) is 21.9 Å². The zero-order chi connectivity index (χ0) is 18.4. The smallest absolute Gasteiger partial charge is 0.198 e. The van der Waals surface area contributed by atoms with Gasteiger partial charge in [0.15, 0.2) is 11.7 Å². The highest BCUT2D eigenvalue weighted by Gasteiger charge is 2.23. The van der Waals surface area contributed by atoms with Gasteiger partial charge >= 0.3 is 0 Å². The van der Waals surface area contributed by atoms with Crippen LogP contribution in [0, 0.1) is 0 Å². The maximum Gasteiger partial charge on any atom is 0.198 e. The van der Waals surface area contributed by atoms with Gasteiger partial charge in [-0.25, -0.2) is 9.97 Å². The topological polar surface area (TPSA) is 77.4 Å². The zero-order valence-electron chi connectivity index (χ0n) is 15.3. The van der Waals surface area contributed by atoms with Gasteiger partial charge in [0.25, 0.3) is 0 Å². The van der Waals surface area contributed by atoms with Crippen LogP contribution >= 0.6 is 11.6 Å². The van der Waals surface area contributed by atoms with Gasteiger partial charge in [0.05, 0.1) is 11.2 Å². The number of hydrogen-bond acceptors (Lipinski definition) is 6. The molecule has 0 unspecified atom stereocenters. The first kappa shape index (κ1) is 19.1. The Balaban J connectivity index is 0.000000278. The third kappa shape index (κ3) is 5.19. The molecule has 0 saturated carbocycles. The SMILES string of the molecule is C1CCOCC1.CN1CCC(c2ncc(-c3cc(N)ncc3Cl)o2)CC1. The van der Waals surface area contributed by atoms with Crippen LogP contribution in [0.5, 0.6) is 0 Å². The normalized spacial score (nSPS) is 19.0. The Morgan fingerprint density at radius 1 is 1.12 bits per heavy atom. The van der Waals surface area contributed by atoms with Crippen molar-refractivity contribution in [3.05, 3.63) is 29.4 Å². The van der Waals surface area contributed by atoms with E-state index in [1.807, 2.05) is 0 Å². The Morgan fingerprint density at radius 2 is 1.85 bits per heavy atom. The second-order valence-corrected chi connectivity index (χ2v) is 7.31. The summed E-state index contributed by atoms with van der Waals surface area (Å²) in [6, 6.07) is 1.71. The van der Waals surface area contributed by atoms with Gasteiger partial charge in [-0.3, -0.25) is 0 Å². The van der Waals surface area contributed by atoms with Crippen LogP contribution < -0.4 is 5.73 Å². The number of hydrogen-bond donors (Lipinski definition) is 1. The number of pyridine rings is 1. The van der Waals surface area contributed by atoms with E-state index in [1.54, 1.807) is 12.3 Å². The highest BCUT2D eigenvalue weighted by Crippen LogP contribution is 2.33. The largest absolute Gasteiger partial charge is 0.440 e. The third-order valence-corrected chi connectivity index (χ3v) is 5.11. The summed E-state index contributed by atoms with van der Waals surface area (Å²) in [6.07, 6.45) is 9.32. The van der Waals surface area contributed by atoms with E-state index in [1.165, 1.54) is 25.5 Å². The second-order valence-electron chi connectivity index (χ2n) is 6.90. The van der Waals surface area contributed by atoms with E-state index in [0.717, 1.165) is 50.6 Å². The molecule has 142 valence electrons. The molecule has 4 heterocycles. The number of nitrogens with two attached hydrogens (primary N) is 1. The molecule has 2 aromatic heterocycles. The number of nitrogen functional groups attached to an aromatic ring is 1. The van der Waals surface area contributed by atoms with Crippen LogP contribution in [0.25, 0.3) is 11.3 Å². The van der Waals surface area contributed by atoms with Crippen molar-refractivity contribution in [3.63, 3.8) is 0 Å². The van der Waals surface area contributed by atoms with Gasteiger partial charge in [0, 0.05) is 30.9 Å². The van der Waals surface area contributed by atoms with Crippen molar-refractivity contribution >= 4 is 17.4 Å². The lowest BCUT2D eigenvalue weighted by Gasteiger charge is -2.26. The highest BCUT2D eigenvalue weighted by molar-refractivity contribution is 6.33. The molecule has 4 rings (SSSR count). The average Bonchev–Trinajstić information content (AvgIpc) is 3.16. The summed E-state index contributed by atoms with van der Waals surface area (Å²) in [5.74, 6) is 2.25. The van der Waals surface area contributed by atoms with Gasteiger partial charge in [-0.2, -0.15) is 0 Å². The molecule has 0 atom stereocenters. The first-order chi connectivity index (χ1) is 12.6. The van der Waals surface area contributed by atoms with Gasteiger partial charge in [0.1, 0.15) is 5.82 Å². The van der Waals surface area contributed by atoms with Crippen molar-refractivity contribution in [2.75, 3.05) is 39.1 Å². The number of nitrogens with zero attached hydrogens (tertiary/aromatic N) is 3. The Bertz CT molecular complexity index is 683. The minimum absolute atomic E-state index is 0.387. The van der Waals surface area contributed by atoms with E-state index in [-0.39, 0.29) is 0 Å². The van der Waals surface area contributed by atoms with Crippen LogP contribution in [0.2, 0.25) is 5.02 Å². The number of ether oxygens (including phenoxy) is 1. The van der Waals surface area contributed by atoms with Crippen molar-refractivity contribution < 1.29 is 9.15 Å². The lowest BCUT2D eigenvalue weighted by Crippen LogP contribution is -2.29. The van der Waals surface area contributed by atoms with Crippen molar-refractivity contribution in [3.8, 4) is 11.3 Å². The highest BCUT2D eigenvalue weighted by atomic mass is 35.5. The fraction of sp³-hybridized carbons (Fsp3) is 0.579. The average molecular weight is 379 g/mol.